The third-order valence-corrected chi connectivity index (χ3v) is 5.65. The summed E-state index contributed by atoms with van der Waals surface area (Å²) >= 11 is 0. The molecule has 0 amide bonds. The first kappa shape index (κ1) is 16.9. The summed E-state index contributed by atoms with van der Waals surface area (Å²) in [7, 11) is -3.85. The van der Waals surface area contributed by atoms with Crippen LogP contribution in [-0.4, -0.2) is 54.8 Å². The molecule has 0 spiro atoms. The normalized spacial score (nSPS) is 24.5. The van der Waals surface area contributed by atoms with Crippen LogP contribution in [0.2, 0.25) is 0 Å². The van der Waals surface area contributed by atoms with Gasteiger partial charge in [-0.1, -0.05) is 13.8 Å². The summed E-state index contributed by atoms with van der Waals surface area (Å²) in [5.74, 6) is -1.96. The van der Waals surface area contributed by atoms with Crippen molar-refractivity contribution in [3.8, 4) is 6.07 Å². The van der Waals surface area contributed by atoms with Crippen molar-refractivity contribution >= 4 is 16.0 Å². The van der Waals surface area contributed by atoms with Crippen LogP contribution in [0.25, 0.3) is 0 Å². The zero-order chi connectivity index (χ0) is 15.3. The summed E-state index contributed by atoms with van der Waals surface area (Å²) in [6, 6.07) is 1.04. The van der Waals surface area contributed by atoms with E-state index < -0.39 is 33.2 Å². The molecule has 0 saturated carbocycles. The zero-order valence-electron chi connectivity index (χ0n) is 11.7. The Balaban J connectivity index is 3.11. The van der Waals surface area contributed by atoms with Gasteiger partial charge in [0, 0.05) is 6.54 Å². The Morgan fingerprint density at radius 1 is 1.50 bits per heavy atom. The van der Waals surface area contributed by atoms with Gasteiger partial charge in [0.15, 0.2) is 5.25 Å². The SMILES string of the molecule is CCCN(C1COCC1C(=O)O)S(=O)(=O)C(C#N)CC. The second kappa shape index (κ2) is 7.02. The number of nitriles is 1. The lowest BCUT2D eigenvalue weighted by atomic mass is 10.0. The Morgan fingerprint density at radius 3 is 2.60 bits per heavy atom. The maximum Gasteiger partial charge on any atom is 0.310 e. The van der Waals surface area contributed by atoms with Crippen LogP contribution >= 0.6 is 0 Å². The van der Waals surface area contributed by atoms with Crippen LogP contribution in [0.5, 0.6) is 0 Å². The molecule has 7 nitrogen and oxygen atoms in total. The molecule has 0 aromatic carbocycles. The van der Waals surface area contributed by atoms with E-state index in [2.05, 4.69) is 0 Å². The number of hydrogen-bond acceptors (Lipinski definition) is 5. The first-order valence-corrected chi connectivity index (χ1v) is 8.11. The summed E-state index contributed by atoms with van der Waals surface area (Å²) in [5.41, 5.74) is 0. The van der Waals surface area contributed by atoms with Crippen LogP contribution in [0.4, 0.5) is 0 Å². The van der Waals surface area contributed by atoms with E-state index in [1.165, 1.54) is 0 Å². The minimum Gasteiger partial charge on any atom is -0.481 e. The molecule has 0 aliphatic carbocycles. The molecule has 1 aliphatic heterocycles. The van der Waals surface area contributed by atoms with Crippen molar-refractivity contribution < 1.29 is 23.1 Å². The molecule has 1 rings (SSSR count). The Kier molecular flexibility index (Phi) is 5.92. The number of aliphatic carboxylic acids is 1. The summed E-state index contributed by atoms with van der Waals surface area (Å²) in [5, 5.41) is 17.0. The number of carboxylic acid groups (broad SMARTS) is 1. The molecule has 1 N–H and O–H groups in total. The van der Waals surface area contributed by atoms with Gasteiger partial charge in [-0.05, 0) is 12.8 Å². The van der Waals surface area contributed by atoms with Crippen LogP contribution < -0.4 is 0 Å². The van der Waals surface area contributed by atoms with Gasteiger partial charge in [-0.15, -0.1) is 0 Å². The van der Waals surface area contributed by atoms with E-state index in [4.69, 9.17) is 15.1 Å². The predicted molar refractivity (Wildman–Crippen MR) is 71.3 cm³/mol. The molecule has 0 bridgehead atoms. The van der Waals surface area contributed by atoms with Crippen LogP contribution in [-0.2, 0) is 19.6 Å². The highest BCUT2D eigenvalue weighted by Gasteiger charge is 2.44. The van der Waals surface area contributed by atoms with Crippen molar-refractivity contribution in [2.45, 2.75) is 38.0 Å². The van der Waals surface area contributed by atoms with Gasteiger partial charge in [-0.25, -0.2) is 8.42 Å². The van der Waals surface area contributed by atoms with Gasteiger partial charge in [0.25, 0.3) is 0 Å². The average molecular weight is 304 g/mol. The lowest BCUT2D eigenvalue weighted by molar-refractivity contribution is -0.142. The molecule has 1 aliphatic rings. The van der Waals surface area contributed by atoms with Gasteiger partial charge in [-0.3, -0.25) is 4.79 Å². The van der Waals surface area contributed by atoms with Crippen molar-refractivity contribution in [2.24, 2.45) is 5.92 Å². The smallest absolute Gasteiger partial charge is 0.310 e. The van der Waals surface area contributed by atoms with Gasteiger partial charge < -0.3 is 9.84 Å². The zero-order valence-corrected chi connectivity index (χ0v) is 12.5. The number of nitrogens with zero attached hydrogens (tertiary/aromatic N) is 2. The molecule has 1 saturated heterocycles. The van der Waals surface area contributed by atoms with Crippen LogP contribution in [0, 0.1) is 17.2 Å². The standard InChI is InChI=1S/C12H20N2O5S/c1-3-5-14(20(17,18)9(4-2)6-13)11-8-19-7-10(11)12(15)16/h9-11H,3-5,7-8H2,1-2H3,(H,15,16). The van der Waals surface area contributed by atoms with Gasteiger partial charge in [-0.2, -0.15) is 9.57 Å². The second-order valence-corrected chi connectivity index (χ2v) is 6.80. The fourth-order valence-corrected chi connectivity index (χ4v) is 4.20. The van der Waals surface area contributed by atoms with Gasteiger partial charge in [0.2, 0.25) is 10.0 Å². The van der Waals surface area contributed by atoms with E-state index in [-0.39, 0.29) is 26.2 Å². The number of carboxylic acids is 1. The highest BCUT2D eigenvalue weighted by molar-refractivity contribution is 7.90. The summed E-state index contributed by atoms with van der Waals surface area (Å²) < 4.78 is 31.3. The molecular weight excluding hydrogens is 284 g/mol. The van der Waals surface area contributed by atoms with Crippen molar-refractivity contribution in [1.29, 1.82) is 5.26 Å². The molecule has 8 heteroatoms. The molecular formula is C12H20N2O5S. The van der Waals surface area contributed by atoms with E-state index in [1.54, 1.807) is 19.9 Å². The topological polar surface area (TPSA) is 108 Å². The highest BCUT2D eigenvalue weighted by atomic mass is 32.2. The quantitative estimate of drug-likeness (QED) is 0.730. The molecule has 1 heterocycles. The van der Waals surface area contributed by atoms with Crippen LogP contribution in [0.1, 0.15) is 26.7 Å². The van der Waals surface area contributed by atoms with E-state index in [1.807, 2.05) is 0 Å². The van der Waals surface area contributed by atoms with Crippen molar-refractivity contribution in [3.63, 3.8) is 0 Å². The minimum atomic E-state index is -3.85. The van der Waals surface area contributed by atoms with Crippen molar-refractivity contribution in [2.75, 3.05) is 19.8 Å². The maximum atomic E-state index is 12.5. The molecule has 0 aromatic heterocycles. The largest absolute Gasteiger partial charge is 0.481 e. The van der Waals surface area contributed by atoms with Gasteiger partial charge in [0.1, 0.15) is 0 Å². The first-order chi connectivity index (χ1) is 9.39. The molecule has 114 valence electrons. The Bertz CT molecular complexity index is 485. The fourth-order valence-electron chi connectivity index (χ4n) is 2.30. The molecule has 20 heavy (non-hydrogen) atoms. The van der Waals surface area contributed by atoms with E-state index in [0.29, 0.717) is 6.42 Å². The molecule has 0 radical (unpaired) electrons. The Hall–Kier alpha value is -1.17. The fraction of sp³-hybridized carbons (Fsp3) is 0.833. The monoisotopic (exact) mass is 304 g/mol. The second-order valence-electron chi connectivity index (χ2n) is 4.73. The minimum absolute atomic E-state index is 0.000913. The van der Waals surface area contributed by atoms with E-state index in [9.17, 15) is 13.2 Å². The Labute approximate surface area is 119 Å². The van der Waals surface area contributed by atoms with Crippen molar-refractivity contribution in [3.05, 3.63) is 0 Å². The summed E-state index contributed by atoms with van der Waals surface area (Å²) in [6.45, 7) is 3.67. The van der Waals surface area contributed by atoms with Crippen molar-refractivity contribution in [1.82, 2.24) is 4.31 Å². The first-order valence-electron chi connectivity index (χ1n) is 6.60. The number of sulfonamides is 1. The lowest BCUT2D eigenvalue weighted by Gasteiger charge is -2.30. The number of ether oxygens (including phenoxy) is 1. The van der Waals surface area contributed by atoms with Crippen LogP contribution in [0.3, 0.4) is 0 Å². The van der Waals surface area contributed by atoms with Gasteiger partial charge >= 0.3 is 5.97 Å². The molecule has 0 aromatic rings. The van der Waals surface area contributed by atoms with E-state index in [0.717, 1.165) is 4.31 Å². The number of rotatable bonds is 7. The highest BCUT2D eigenvalue weighted by Crippen LogP contribution is 2.25. The van der Waals surface area contributed by atoms with Gasteiger partial charge in [0.05, 0.1) is 31.2 Å². The Morgan fingerprint density at radius 2 is 2.15 bits per heavy atom. The third kappa shape index (κ3) is 3.29. The molecule has 1 fully saturated rings. The molecule has 3 atom stereocenters. The summed E-state index contributed by atoms with van der Waals surface area (Å²) in [4.78, 5) is 11.2. The maximum absolute atomic E-state index is 12.5. The number of hydrogen-bond donors (Lipinski definition) is 1. The predicted octanol–water partition coefficient (Wildman–Crippen LogP) is 0.430. The van der Waals surface area contributed by atoms with Crippen LogP contribution in [0.15, 0.2) is 0 Å². The van der Waals surface area contributed by atoms with E-state index >= 15 is 0 Å². The number of carbonyl (C=O) groups is 1. The lowest BCUT2D eigenvalue weighted by Crippen LogP contribution is -2.49. The third-order valence-electron chi connectivity index (χ3n) is 3.38. The average Bonchev–Trinajstić information content (AvgIpc) is 2.85. The molecule has 3 unspecified atom stereocenters. The summed E-state index contributed by atoms with van der Waals surface area (Å²) in [6.07, 6.45) is 0.717.